The lowest BCUT2D eigenvalue weighted by molar-refractivity contribution is -0.136. The fourth-order valence-electron chi connectivity index (χ4n) is 2.23. The molecule has 1 aromatic carbocycles. The minimum atomic E-state index is -0.783. The maximum absolute atomic E-state index is 10.6. The van der Waals surface area contributed by atoms with Crippen molar-refractivity contribution in [1.29, 1.82) is 0 Å². The Morgan fingerprint density at radius 1 is 1.37 bits per heavy atom. The third-order valence-corrected chi connectivity index (χ3v) is 3.30. The molecule has 0 spiro atoms. The van der Waals surface area contributed by atoms with Crippen molar-refractivity contribution in [3.8, 4) is 11.4 Å². The molecule has 1 aromatic heterocycles. The van der Waals surface area contributed by atoms with Crippen molar-refractivity contribution in [2.45, 2.75) is 26.7 Å². The lowest BCUT2D eigenvalue weighted by Gasteiger charge is -2.08. The van der Waals surface area contributed by atoms with Gasteiger partial charge in [-0.1, -0.05) is 23.8 Å². The lowest BCUT2D eigenvalue weighted by atomic mass is 10.1. The van der Waals surface area contributed by atoms with Crippen molar-refractivity contribution in [2.24, 2.45) is 7.05 Å². The van der Waals surface area contributed by atoms with Crippen LogP contribution < -0.4 is 0 Å². The van der Waals surface area contributed by atoms with Crippen LogP contribution >= 0.6 is 0 Å². The van der Waals surface area contributed by atoms with E-state index in [2.05, 4.69) is 37.0 Å². The number of nitrogens with zero attached hydrogens (tertiary/aromatic N) is 2. The Hall–Kier alpha value is -2.10. The molecule has 4 nitrogen and oxygen atoms in total. The molecule has 0 radical (unpaired) electrons. The first-order valence-corrected chi connectivity index (χ1v) is 6.29. The first kappa shape index (κ1) is 13.3. The summed E-state index contributed by atoms with van der Waals surface area (Å²) in [6.07, 6.45) is 2.40. The van der Waals surface area contributed by atoms with E-state index in [0.717, 1.165) is 17.1 Å². The molecule has 0 fully saturated rings. The number of hydrogen-bond acceptors (Lipinski definition) is 2. The number of carboxylic acid groups (broad SMARTS) is 1. The van der Waals surface area contributed by atoms with Crippen LogP contribution in [0.3, 0.4) is 0 Å². The Morgan fingerprint density at radius 3 is 2.74 bits per heavy atom. The van der Waals surface area contributed by atoms with Crippen molar-refractivity contribution in [3.05, 3.63) is 41.2 Å². The van der Waals surface area contributed by atoms with Crippen molar-refractivity contribution in [1.82, 2.24) is 9.55 Å². The summed E-state index contributed by atoms with van der Waals surface area (Å²) in [6.45, 7) is 4.13. The number of aromatic nitrogens is 2. The molecular formula is C15H18N2O2. The summed E-state index contributed by atoms with van der Waals surface area (Å²) in [5.74, 6) is 0.104. The minimum Gasteiger partial charge on any atom is -0.481 e. The van der Waals surface area contributed by atoms with Gasteiger partial charge < -0.3 is 9.67 Å². The third kappa shape index (κ3) is 2.84. The third-order valence-electron chi connectivity index (χ3n) is 3.30. The van der Waals surface area contributed by atoms with Crippen LogP contribution in [0.15, 0.2) is 24.4 Å². The lowest BCUT2D eigenvalue weighted by Crippen LogP contribution is -2.03. The monoisotopic (exact) mass is 258 g/mol. The topological polar surface area (TPSA) is 55.1 Å². The Bertz CT molecular complexity index is 615. The first-order valence-electron chi connectivity index (χ1n) is 6.29. The zero-order chi connectivity index (χ0) is 14.0. The highest BCUT2D eigenvalue weighted by molar-refractivity contribution is 5.67. The van der Waals surface area contributed by atoms with E-state index in [1.165, 1.54) is 11.1 Å². The maximum atomic E-state index is 10.6. The average molecular weight is 258 g/mol. The van der Waals surface area contributed by atoms with Crippen LogP contribution in [0, 0.1) is 13.8 Å². The van der Waals surface area contributed by atoms with Gasteiger partial charge in [0.15, 0.2) is 0 Å². The number of benzene rings is 1. The fraction of sp³-hybridized carbons (Fsp3) is 0.333. The van der Waals surface area contributed by atoms with E-state index < -0.39 is 5.97 Å². The largest absolute Gasteiger partial charge is 0.481 e. The number of carbonyl (C=O) groups is 1. The van der Waals surface area contributed by atoms with Gasteiger partial charge in [0.25, 0.3) is 0 Å². The summed E-state index contributed by atoms with van der Waals surface area (Å²) in [6, 6.07) is 6.25. The molecule has 0 bridgehead atoms. The van der Waals surface area contributed by atoms with E-state index in [4.69, 9.17) is 5.11 Å². The standard InChI is InChI=1S/C15H18N2O2/c1-10-4-6-13(11(2)8-10)15-16-9-12(17(15)3)5-7-14(18)19/h4,6,8-9H,5,7H2,1-3H3,(H,18,19). The Kier molecular flexibility index (Phi) is 3.69. The van der Waals surface area contributed by atoms with Gasteiger partial charge in [-0.3, -0.25) is 4.79 Å². The molecule has 0 amide bonds. The van der Waals surface area contributed by atoms with Crippen LogP contribution in [0.5, 0.6) is 0 Å². The number of carboxylic acids is 1. The summed E-state index contributed by atoms with van der Waals surface area (Å²) in [5, 5.41) is 8.73. The zero-order valence-electron chi connectivity index (χ0n) is 11.5. The fourth-order valence-corrected chi connectivity index (χ4v) is 2.23. The number of aliphatic carboxylic acids is 1. The number of imidazole rings is 1. The number of hydrogen-bond donors (Lipinski definition) is 1. The summed E-state index contributed by atoms with van der Waals surface area (Å²) < 4.78 is 1.97. The molecule has 100 valence electrons. The average Bonchev–Trinajstić information content (AvgIpc) is 2.68. The van der Waals surface area contributed by atoms with Gasteiger partial charge in [-0.05, 0) is 25.8 Å². The summed E-state index contributed by atoms with van der Waals surface area (Å²) in [5.41, 5.74) is 4.44. The van der Waals surface area contributed by atoms with Crippen molar-refractivity contribution < 1.29 is 9.90 Å². The van der Waals surface area contributed by atoms with Crippen molar-refractivity contribution in [2.75, 3.05) is 0 Å². The van der Waals surface area contributed by atoms with Gasteiger partial charge in [0.1, 0.15) is 5.82 Å². The normalized spacial score (nSPS) is 10.7. The van der Waals surface area contributed by atoms with Gasteiger partial charge in [0.05, 0.1) is 6.42 Å². The molecule has 0 saturated heterocycles. The zero-order valence-corrected chi connectivity index (χ0v) is 11.5. The van der Waals surface area contributed by atoms with Crippen LogP contribution in [0.2, 0.25) is 0 Å². The van der Waals surface area contributed by atoms with E-state index in [9.17, 15) is 4.79 Å². The van der Waals surface area contributed by atoms with Crippen molar-refractivity contribution in [3.63, 3.8) is 0 Å². The smallest absolute Gasteiger partial charge is 0.303 e. The van der Waals surface area contributed by atoms with Crippen LogP contribution in [0.1, 0.15) is 23.2 Å². The molecule has 1 N–H and O–H groups in total. The molecule has 0 aliphatic heterocycles. The molecule has 2 aromatic rings. The summed E-state index contributed by atoms with van der Waals surface area (Å²) >= 11 is 0. The quantitative estimate of drug-likeness (QED) is 0.917. The van der Waals surface area contributed by atoms with E-state index >= 15 is 0 Å². The van der Waals surface area contributed by atoms with Crippen LogP contribution in [0.25, 0.3) is 11.4 Å². The molecule has 0 saturated carbocycles. The van der Waals surface area contributed by atoms with Crippen LogP contribution in [-0.4, -0.2) is 20.6 Å². The number of aryl methyl sites for hydroxylation is 3. The number of rotatable bonds is 4. The minimum absolute atomic E-state index is 0.131. The first-order chi connectivity index (χ1) is 8.99. The highest BCUT2D eigenvalue weighted by Crippen LogP contribution is 2.23. The van der Waals surface area contributed by atoms with Gasteiger partial charge in [-0.25, -0.2) is 4.98 Å². The summed E-state index contributed by atoms with van der Waals surface area (Å²) in [7, 11) is 1.93. The van der Waals surface area contributed by atoms with E-state index in [1.54, 1.807) is 6.20 Å². The molecule has 1 heterocycles. The predicted octanol–water partition coefficient (Wildman–Crippen LogP) is 2.72. The molecule has 0 unspecified atom stereocenters. The predicted molar refractivity (Wildman–Crippen MR) is 74.1 cm³/mol. The molecular weight excluding hydrogens is 240 g/mol. The van der Waals surface area contributed by atoms with Gasteiger partial charge in [-0.2, -0.15) is 0 Å². The van der Waals surface area contributed by atoms with Gasteiger partial charge >= 0.3 is 5.97 Å². The Balaban J connectivity index is 2.33. The second kappa shape index (κ2) is 5.26. The van der Waals surface area contributed by atoms with Crippen molar-refractivity contribution >= 4 is 5.97 Å². The molecule has 19 heavy (non-hydrogen) atoms. The van der Waals surface area contributed by atoms with Gasteiger partial charge in [0.2, 0.25) is 0 Å². The van der Waals surface area contributed by atoms with Gasteiger partial charge in [-0.15, -0.1) is 0 Å². The van der Waals surface area contributed by atoms with E-state index in [1.807, 2.05) is 11.6 Å². The molecule has 4 heteroatoms. The second-order valence-corrected chi connectivity index (χ2v) is 4.84. The molecule has 0 aliphatic carbocycles. The second-order valence-electron chi connectivity index (χ2n) is 4.84. The Labute approximate surface area is 112 Å². The van der Waals surface area contributed by atoms with E-state index in [0.29, 0.717) is 6.42 Å². The van der Waals surface area contributed by atoms with Gasteiger partial charge in [0, 0.05) is 24.5 Å². The highest BCUT2D eigenvalue weighted by Gasteiger charge is 2.11. The maximum Gasteiger partial charge on any atom is 0.303 e. The Morgan fingerprint density at radius 2 is 2.11 bits per heavy atom. The van der Waals surface area contributed by atoms with E-state index in [-0.39, 0.29) is 6.42 Å². The summed E-state index contributed by atoms with van der Waals surface area (Å²) in [4.78, 5) is 15.0. The van der Waals surface area contributed by atoms with Crippen LogP contribution in [0.4, 0.5) is 0 Å². The highest BCUT2D eigenvalue weighted by atomic mass is 16.4. The molecule has 0 atom stereocenters. The molecule has 0 aliphatic rings. The van der Waals surface area contributed by atoms with Crippen LogP contribution in [-0.2, 0) is 18.3 Å². The molecule has 2 rings (SSSR count). The SMILES string of the molecule is Cc1ccc(-c2ncc(CCC(=O)O)n2C)c(C)c1.